The number of amides is 3. The number of rotatable bonds is 4. The number of urea groups is 1. The number of β-amino-alcohol motifs (C(OH)–C–C–N with tert-alkyl or cyclic N) is 1. The number of imide groups is 1. The van der Waals surface area contributed by atoms with E-state index in [1.54, 1.807) is 13.0 Å². The number of carbonyl (C=O) groups excluding carboxylic acids is 2. The van der Waals surface area contributed by atoms with Crippen LogP contribution in [0.3, 0.4) is 0 Å². The van der Waals surface area contributed by atoms with E-state index in [1.807, 2.05) is 13.8 Å². The molecule has 1 aliphatic rings. The predicted molar refractivity (Wildman–Crippen MR) is 74.8 cm³/mol. The van der Waals surface area contributed by atoms with Crippen molar-refractivity contribution < 1.29 is 19.1 Å². The van der Waals surface area contributed by atoms with Crippen LogP contribution in [0.2, 0.25) is 0 Å². The van der Waals surface area contributed by atoms with Crippen LogP contribution in [-0.2, 0) is 4.79 Å². The Morgan fingerprint density at radius 2 is 1.95 bits per heavy atom. The van der Waals surface area contributed by atoms with Gasteiger partial charge in [0.1, 0.15) is 11.4 Å². The second-order valence-electron chi connectivity index (χ2n) is 5.74. The molecule has 0 bridgehead atoms. The van der Waals surface area contributed by atoms with Crippen molar-refractivity contribution in [2.75, 3.05) is 6.54 Å². The average Bonchev–Trinajstić information content (AvgIpc) is 2.64. The molecule has 2 atom stereocenters. The lowest BCUT2D eigenvalue weighted by Gasteiger charge is -2.26. The summed E-state index contributed by atoms with van der Waals surface area (Å²) in [5.41, 5.74) is -0.928. The number of nitrogens with one attached hydrogen (secondary N) is 1. The van der Waals surface area contributed by atoms with Gasteiger partial charge in [0.25, 0.3) is 5.91 Å². The monoisotopic (exact) mass is 294 g/mol. The van der Waals surface area contributed by atoms with E-state index in [0.29, 0.717) is 0 Å². The Labute approximate surface area is 122 Å². The van der Waals surface area contributed by atoms with Crippen LogP contribution in [0.25, 0.3) is 0 Å². The molecule has 0 spiro atoms. The van der Waals surface area contributed by atoms with Crippen molar-refractivity contribution in [3.63, 3.8) is 0 Å². The van der Waals surface area contributed by atoms with E-state index in [4.69, 9.17) is 0 Å². The summed E-state index contributed by atoms with van der Waals surface area (Å²) in [6, 6.07) is 5.19. The SMILES string of the molecule is CC(C)[C@@]1(C)NC(=O)N(C[C@H](O)c2ccccc2F)C1=O. The van der Waals surface area contributed by atoms with Gasteiger partial charge in [-0.1, -0.05) is 32.0 Å². The Morgan fingerprint density at radius 3 is 2.48 bits per heavy atom. The number of aliphatic hydroxyl groups excluding tert-OH is 1. The molecule has 0 unspecified atom stereocenters. The molecule has 6 heteroatoms. The van der Waals surface area contributed by atoms with E-state index >= 15 is 0 Å². The molecule has 2 N–H and O–H groups in total. The normalized spacial score (nSPS) is 23.6. The third-order valence-electron chi connectivity index (χ3n) is 4.08. The molecule has 0 radical (unpaired) electrons. The largest absolute Gasteiger partial charge is 0.386 e. The molecule has 21 heavy (non-hydrogen) atoms. The summed E-state index contributed by atoms with van der Waals surface area (Å²) in [5, 5.41) is 12.7. The molecular weight excluding hydrogens is 275 g/mol. The van der Waals surface area contributed by atoms with Crippen LogP contribution in [0, 0.1) is 11.7 Å². The molecule has 5 nitrogen and oxygen atoms in total. The van der Waals surface area contributed by atoms with Crippen molar-refractivity contribution in [3.8, 4) is 0 Å². The predicted octanol–water partition coefficient (Wildman–Crippen LogP) is 1.83. The Morgan fingerprint density at radius 1 is 1.33 bits per heavy atom. The van der Waals surface area contributed by atoms with Crippen LogP contribution >= 0.6 is 0 Å². The Hall–Kier alpha value is -1.95. The lowest BCUT2D eigenvalue weighted by Crippen LogP contribution is -2.48. The van der Waals surface area contributed by atoms with Crippen LogP contribution in [0.1, 0.15) is 32.4 Å². The van der Waals surface area contributed by atoms with Crippen LogP contribution in [0.4, 0.5) is 9.18 Å². The van der Waals surface area contributed by atoms with E-state index in [0.717, 1.165) is 4.90 Å². The third kappa shape index (κ3) is 2.63. The lowest BCUT2D eigenvalue weighted by molar-refractivity contribution is -0.133. The van der Waals surface area contributed by atoms with Gasteiger partial charge in [0.2, 0.25) is 0 Å². The molecule has 2 rings (SSSR count). The van der Waals surface area contributed by atoms with Crippen LogP contribution in [0.5, 0.6) is 0 Å². The number of halogens is 1. The minimum Gasteiger partial charge on any atom is -0.386 e. The smallest absolute Gasteiger partial charge is 0.325 e. The standard InChI is InChI=1S/C15H19FN2O3/c1-9(2)15(3)13(20)18(14(21)17-15)8-12(19)10-6-4-5-7-11(10)16/h4-7,9,12,19H,8H2,1-3H3,(H,17,21)/t12-,15+/m0/s1. The van der Waals surface area contributed by atoms with Gasteiger partial charge in [-0.25, -0.2) is 9.18 Å². The van der Waals surface area contributed by atoms with Gasteiger partial charge < -0.3 is 10.4 Å². The topological polar surface area (TPSA) is 69.6 Å². The van der Waals surface area contributed by atoms with Gasteiger partial charge in [-0.05, 0) is 18.9 Å². The van der Waals surface area contributed by atoms with Crippen molar-refractivity contribution in [3.05, 3.63) is 35.6 Å². The third-order valence-corrected chi connectivity index (χ3v) is 4.08. The minimum absolute atomic E-state index is 0.0660. The number of carbonyl (C=O) groups is 2. The summed E-state index contributed by atoms with van der Waals surface area (Å²) < 4.78 is 13.6. The van der Waals surface area contributed by atoms with Gasteiger partial charge in [0.15, 0.2) is 0 Å². The van der Waals surface area contributed by atoms with Crippen LogP contribution < -0.4 is 5.32 Å². The second kappa shape index (κ2) is 5.44. The van der Waals surface area contributed by atoms with Crippen molar-refractivity contribution in [2.24, 2.45) is 5.92 Å². The quantitative estimate of drug-likeness (QED) is 0.832. The minimum atomic E-state index is -1.25. The molecule has 1 fully saturated rings. The molecular formula is C15H19FN2O3. The fraction of sp³-hybridized carbons (Fsp3) is 0.467. The molecule has 0 saturated carbocycles. The highest BCUT2D eigenvalue weighted by molar-refractivity contribution is 6.07. The van der Waals surface area contributed by atoms with Gasteiger partial charge in [-0.3, -0.25) is 9.69 Å². The Kier molecular flexibility index (Phi) is 4.00. The summed E-state index contributed by atoms with van der Waals surface area (Å²) in [7, 11) is 0. The van der Waals surface area contributed by atoms with Crippen LogP contribution in [-0.4, -0.2) is 34.0 Å². The maximum Gasteiger partial charge on any atom is 0.325 e. The highest BCUT2D eigenvalue weighted by Gasteiger charge is 2.50. The van der Waals surface area contributed by atoms with Gasteiger partial charge in [-0.15, -0.1) is 0 Å². The number of hydrogen-bond donors (Lipinski definition) is 2. The maximum absolute atomic E-state index is 13.6. The van der Waals surface area contributed by atoms with Crippen molar-refractivity contribution in [1.82, 2.24) is 10.2 Å². The van der Waals surface area contributed by atoms with E-state index in [-0.39, 0.29) is 18.0 Å². The zero-order valence-electron chi connectivity index (χ0n) is 12.3. The Bertz CT molecular complexity index is 576. The summed E-state index contributed by atoms with van der Waals surface area (Å²) in [5.74, 6) is -1.06. The lowest BCUT2D eigenvalue weighted by atomic mass is 9.88. The highest BCUT2D eigenvalue weighted by Crippen LogP contribution is 2.27. The van der Waals surface area contributed by atoms with E-state index in [9.17, 15) is 19.1 Å². The van der Waals surface area contributed by atoms with Crippen LogP contribution in [0.15, 0.2) is 24.3 Å². The number of benzene rings is 1. The first kappa shape index (κ1) is 15.4. The fourth-order valence-corrected chi connectivity index (χ4v) is 2.29. The van der Waals surface area contributed by atoms with Gasteiger partial charge in [0, 0.05) is 5.56 Å². The fourth-order valence-electron chi connectivity index (χ4n) is 2.29. The van der Waals surface area contributed by atoms with E-state index < -0.39 is 29.4 Å². The maximum atomic E-state index is 13.6. The molecule has 0 aromatic heterocycles. The Balaban J connectivity index is 2.19. The first-order chi connectivity index (χ1) is 9.77. The molecule has 3 amide bonds. The first-order valence-electron chi connectivity index (χ1n) is 6.84. The summed E-state index contributed by atoms with van der Waals surface area (Å²) in [6.07, 6.45) is -1.25. The zero-order valence-corrected chi connectivity index (χ0v) is 12.3. The number of hydrogen-bond acceptors (Lipinski definition) is 3. The summed E-state index contributed by atoms with van der Waals surface area (Å²) in [6.45, 7) is 5.03. The van der Waals surface area contributed by atoms with E-state index in [1.165, 1.54) is 18.2 Å². The zero-order chi connectivity index (χ0) is 15.8. The summed E-state index contributed by atoms with van der Waals surface area (Å²) in [4.78, 5) is 25.3. The number of aliphatic hydroxyl groups is 1. The van der Waals surface area contributed by atoms with Crippen molar-refractivity contribution in [2.45, 2.75) is 32.4 Å². The molecule has 114 valence electrons. The highest BCUT2D eigenvalue weighted by atomic mass is 19.1. The second-order valence-corrected chi connectivity index (χ2v) is 5.74. The van der Waals surface area contributed by atoms with Gasteiger partial charge >= 0.3 is 6.03 Å². The molecule has 1 aromatic carbocycles. The average molecular weight is 294 g/mol. The number of nitrogens with zero attached hydrogens (tertiary/aromatic N) is 1. The van der Waals surface area contributed by atoms with Crippen molar-refractivity contribution in [1.29, 1.82) is 0 Å². The molecule has 1 saturated heterocycles. The van der Waals surface area contributed by atoms with E-state index in [2.05, 4.69) is 5.32 Å². The summed E-state index contributed by atoms with van der Waals surface area (Å²) >= 11 is 0. The molecule has 1 heterocycles. The van der Waals surface area contributed by atoms with Crippen molar-refractivity contribution >= 4 is 11.9 Å². The van der Waals surface area contributed by atoms with Gasteiger partial charge in [-0.2, -0.15) is 0 Å². The molecule has 1 aromatic rings. The van der Waals surface area contributed by atoms with Gasteiger partial charge in [0.05, 0.1) is 12.6 Å². The first-order valence-corrected chi connectivity index (χ1v) is 6.84. The molecule has 1 aliphatic heterocycles. The molecule has 0 aliphatic carbocycles.